The van der Waals surface area contributed by atoms with E-state index in [1.54, 1.807) is 0 Å². The standard InChI is InChI=1S/C18H16F4N2O3/c1-26-11-7-6-9(8-12(11)27-10-4-2-3-5-10)18(25)23-15-13(19)16(21)24-17(22)14(15)20/h6-8,10H,2-5H2,1H3,(H,23,24,25). The number of benzene rings is 1. The van der Waals surface area contributed by atoms with Gasteiger partial charge >= 0.3 is 0 Å². The molecule has 0 aliphatic heterocycles. The minimum Gasteiger partial charge on any atom is -0.493 e. The molecule has 1 aliphatic rings. The summed E-state index contributed by atoms with van der Waals surface area (Å²) in [5, 5.41) is 1.83. The maximum atomic E-state index is 13.7. The molecule has 1 aromatic carbocycles. The molecule has 27 heavy (non-hydrogen) atoms. The Balaban J connectivity index is 1.87. The van der Waals surface area contributed by atoms with Crippen molar-refractivity contribution in [3.8, 4) is 11.5 Å². The lowest BCUT2D eigenvalue weighted by atomic mass is 10.1. The third-order valence-electron chi connectivity index (χ3n) is 4.26. The van der Waals surface area contributed by atoms with Gasteiger partial charge in [0.05, 0.1) is 13.2 Å². The topological polar surface area (TPSA) is 60.5 Å². The van der Waals surface area contributed by atoms with Gasteiger partial charge in [-0.1, -0.05) is 0 Å². The predicted octanol–water partition coefficient (Wildman–Crippen LogP) is 4.22. The lowest BCUT2D eigenvalue weighted by Crippen LogP contribution is -2.17. The average molecular weight is 384 g/mol. The van der Waals surface area contributed by atoms with Crippen LogP contribution >= 0.6 is 0 Å². The van der Waals surface area contributed by atoms with Crippen LogP contribution in [0.15, 0.2) is 18.2 Å². The number of rotatable bonds is 5. The lowest BCUT2D eigenvalue weighted by Gasteiger charge is -2.17. The summed E-state index contributed by atoms with van der Waals surface area (Å²) in [6, 6.07) is 4.13. The number of hydrogen-bond donors (Lipinski definition) is 1. The third kappa shape index (κ3) is 3.96. The molecule has 0 spiro atoms. The first-order valence-corrected chi connectivity index (χ1v) is 8.26. The third-order valence-corrected chi connectivity index (χ3v) is 4.26. The molecule has 1 heterocycles. The zero-order valence-corrected chi connectivity index (χ0v) is 14.3. The molecule has 0 radical (unpaired) electrons. The summed E-state index contributed by atoms with van der Waals surface area (Å²) in [5.41, 5.74) is -1.28. The summed E-state index contributed by atoms with van der Waals surface area (Å²) in [6.45, 7) is 0. The molecule has 9 heteroatoms. The van der Waals surface area contributed by atoms with Crippen molar-refractivity contribution in [2.45, 2.75) is 31.8 Å². The number of hydrogen-bond acceptors (Lipinski definition) is 4. The fourth-order valence-electron chi connectivity index (χ4n) is 2.88. The average Bonchev–Trinajstić information content (AvgIpc) is 3.16. The van der Waals surface area contributed by atoms with Crippen LogP contribution < -0.4 is 14.8 Å². The van der Waals surface area contributed by atoms with Crippen molar-refractivity contribution in [1.29, 1.82) is 0 Å². The molecule has 1 N–H and O–H groups in total. The van der Waals surface area contributed by atoms with Gasteiger partial charge in [0.2, 0.25) is 11.6 Å². The molecule has 3 rings (SSSR count). The molecule has 0 atom stereocenters. The van der Waals surface area contributed by atoms with Gasteiger partial charge in [0, 0.05) is 5.56 Å². The van der Waals surface area contributed by atoms with Crippen molar-refractivity contribution in [3.05, 3.63) is 47.3 Å². The Hall–Kier alpha value is -2.84. The van der Waals surface area contributed by atoms with Gasteiger partial charge in [-0.15, -0.1) is 0 Å². The fourth-order valence-corrected chi connectivity index (χ4v) is 2.88. The molecule has 1 aliphatic carbocycles. The maximum Gasteiger partial charge on any atom is 0.255 e. The van der Waals surface area contributed by atoms with Crippen LogP contribution in [0.3, 0.4) is 0 Å². The molecule has 5 nitrogen and oxygen atoms in total. The quantitative estimate of drug-likeness (QED) is 0.619. The minimum atomic E-state index is -1.86. The van der Waals surface area contributed by atoms with Crippen LogP contribution in [0, 0.1) is 23.5 Å². The van der Waals surface area contributed by atoms with Gasteiger partial charge in [0.1, 0.15) is 5.69 Å². The number of carbonyl (C=O) groups is 1. The molecule has 1 saturated carbocycles. The number of aromatic nitrogens is 1. The second-order valence-electron chi connectivity index (χ2n) is 6.04. The van der Waals surface area contributed by atoms with Crippen LogP contribution in [0.5, 0.6) is 11.5 Å². The number of pyridine rings is 1. The van der Waals surface area contributed by atoms with Crippen molar-refractivity contribution in [2.75, 3.05) is 12.4 Å². The summed E-state index contributed by atoms with van der Waals surface area (Å²) in [6.07, 6.45) is 3.78. The maximum absolute atomic E-state index is 13.7. The van der Waals surface area contributed by atoms with E-state index >= 15 is 0 Å². The van der Waals surface area contributed by atoms with Crippen molar-refractivity contribution >= 4 is 11.6 Å². The Morgan fingerprint density at radius 2 is 1.70 bits per heavy atom. The Labute approximate surface area is 152 Å². The molecule has 1 amide bonds. The highest BCUT2D eigenvalue weighted by molar-refractivity contribution is 6.04. The van der Waals surface area contributed by atoms with Crippen LogP contribution in [-0.2, 0) is 0 Å². The summed E-state index contributed by atoms with van der Waals surface area (Å²) >= 11 is 0. The van der Waals surface area contributed by atoms with E-state index in [9.17, 15) is 22.4 Å². The first-order chi connectivity index (χ1) is 12.9. The molecular weight excluding hydrogens is 368 g/mol. The second kappa shape index (κ2) is 7.81. The van der Waals surface area contributed by atoms with E-state index in [-0.39, 0.29) is 11.7 Å². The zero-order valence-electron chi connectivity index (χ0n) is 14.3. The van der Waals surface area contributed by atoms with Crippen LogP contribution in [0.4, 0.5) is 23.2 Å². The summed E-state index contributed by atoms with van der Waals surface area (Å²) in [4.78, 5) is 14.8. The van der Waals surface area contributed by atoms with Gasteiger partial charge < -0.3 is 14.8 Å². The van der Waals surface area contributed by atoms with Gasteiger partial charge in [0.15, 0.2) is 11.5 Å². The number of nitrogens with zero attached hydrogens (tertiary/aromatic N) is 1. The van der Waals surface area contributed by atoms with E-state index in [1.165, 1.54) is 25.3 Å². The Morgan fingerprint density at radius 3 is 2.30 bits per heavy atom. The van der Waals surface area contributed by atoms with Gasteiger partial charge in [-0.05, 0) is 43.9 Å². The smallest absolute Gasteiger partial charge is 0.255 e. The second-order valence-corrected chi connectivity index (χ2v) is 6.04. The van der Waals surface area contributed by atoms with Gasteiger partial charge in [-0.2, -0.15) is 22.5 Å². The SMILES string of the molecule is COc1ccc(C(=O)Nc2c(F)c(F)nc(F)c2F)cc1OC1CCCC1. The van der Waals surface area contributed by atoms with Crippen LogP contribution in [0.2, 0.25) is 0 Å². The molecule has 1 aromatic heterocycles. The molecule has 0 bridgehead atoms. The van der Waals surface area contributed by atoms with E-state index in [4.69, 9.17) is 9.47 Å². The zero-order chi connectivity index (χ0) is 19.6. The molecule has 1 fully saturated rings. The van der Waals surface area contributed by atoms with E-state index in [0.29, 0.717) is 11.5 Å². The normalized spacial score (nSPS) is 14.3. The van der Waals surface area contributed by atoms with Crippen molar-refractivity contribution in [1.82, 2.24) is 4.98 Å². The van der Waals surface area contributed by atoms with Crippen molar-refractivity contribution < 1.29 is 31.8 Å². The number of ether oxygens (including phenoxy) is 2. The molecule has 2 aromatic rings. The van der Waals surface area contributed by atoms with E-state index in [2.05, 4.69) is 4.98 Å². The minimum absolute atomic E-state index is 0.0181. The van der Waals surface area contributed by atoms with Crippen LogP contribution in [0.1, 0.15) is 36.0 Å². The van der Waals surface area contributed by atoms with E-state index in [1.807, 2.05) is 5.32 Å². The van der Waals surface area contributed by atoms with Crippen molar-refractivity contribution in [2.24, 2.45) is 0 Å². The highest BCUT2D eigenvalue weighted by atomic mass is 19.2. The van der Waals surface area contributed by atoms with Gasteiger partial charge in [0.25, 0.3) is 17.8 Å². The highest BCUT2D eigenvalue weighted by Gasteiger charge is 2.24. The van der Waals surface area contributed by atoms with Crippen LogP contribution in [0.25, 0.3) is 0 Å². The summed E-state index contributed by atoms with van der Waals surface area (Å²) in [7, 11) is 1.43. The van der Waals surface area contributed by atoms with Gasteiger partial charge in [-0.25, -0.2) is 0 Å². The number of methoxy groups -OCH3 is 1. The molecular formula is C18H16F4N2O3. The van der Waals surface area contributed by atoms with Crippen molar-refractivity contribution in [3.63, 3.8) is 0 Å². The Bertz CT molecular complexity index is 844. The lowest BCUT2D eigenvalue weighted by molar-refractivity contribution is 0.102. The Kier molecular flexibility index (Phi) is 5.48. The number of anilines is 1. The first kappa shape index (κ1) is 18.9. The Morgan fingerprint density at radius 1 is 1.07 bits per heavy atom. The largest absolute Gasteiger partial charge is 0.493 e. The molecule has 0 unspecified atom stereocenters. The summed E-state index contributed by atoms with van der Waals surface area (Å²) in [5.74, 6) is -7.59. The van der Waals surface area contributed by atoms with E-state index in [0.717, 1.165) is 25.7 Å². The van der Waals surface area contributed by atoms with Gasteiger partial charge in [-0.3, -0.25) is 4.79 Å². The number of amides is 1. The molecule has 144 valence electrons. The number of halogens is 4. The molecule has 0 saturated heterocycles. The fraction of sp³-hybridized carbons (Fsp3) is 0.333. The highest BCUT2D eigenvalue weighted by Crippen LogP contribution is 2.33. The summed E-state index contributed by atoms with van der Waals surface area (Å²) < 4.78 is 64.8. The monoisotopic (exact) mass is 384 g/mol. The predicted molar refractivity (Wildman–Crippen MR) is 87.9 cm³/mol. The first-order valence-electron chi connectivity index (χ1n) is 8.26. The number of carbonyl (C=O) groups excluding carboxylic acids is 1. The number of nitrogens with one attached hydrogen (secondary N) is 1. The van der Waals surface area contributed by atoms with E-state index < -0.39 is 35.1 Å². The van der Waals surface area contributed by atoms with Crippen LogP contribution in [-0.4, -0.2) is 24.1 Å².